The first-order valence-corrected chi connectivity index (χ1v) is 6.49. The number of nitrogens with one attached hydrogen (secondary N) is 1. The molecule has 0 heterocycles. The van der Waals surface area contributed by atoms with Gasteiger partial charge in [-0.05, 0) is 38.5 Å². The summed E-state index contributed by atoms with van der Waals surface area (Å²) < 4.78 is 0.878. The number of carbonyl (C=O) groups excluding carboxylic acids is 1. The minimum atomic E-state index is -0.332. The third-order valence-electron chi connectivity index (χ3n) is 2.20. The molecule has 1 aromatic carbocycles. The first kappa shape index (κ1) is 14.5. The second-order valence-corrected chi connectivity index (χ2v) is 5.98. The summed E-state index contributed by atoms with van der Waals surface area (Å²) in [4.78, 5) is 11.7. The third-order valence-corrected chi connectivity index (χ3v) is 3.01. The van der Waals surface area contributed by atoms with E-state index in [-0.39, 0.29) is 11.4 Å². The van der Waals surface area contributed by atoms with Crippen LogP contribution in [0.2, 0.25) is 5.02 Å². The average molecular weight is 320 g/mol. The maximum absolute atomic E-state index is 11.7. The van der Waals surface area contributed by atoms with Crippen molar-refractivity contribution in [3.8, 4) is 0 Å². The van der Waals surface area contributed by atoms with E-state index in [2.05, 4.69) is 21.2 Å². The lowest BCUT2D eigenvalue weighted by molar-refractivity contribution is -0.116. The molecule has 3 N–H and O–H groups in total. The van der Waals surface area contributed by atoms with Gasteiger partial charge in [-0.25, -0.2) is 0 Å². The zero-order chi connectivity index (χ0) is 13.1. The van der Waals surface area contributed by atoms with Crippen molar-refractivity contribution in [1.29, 1.82) is 0 Å². The third kappa shape index (κ3) is 5.52. The number of carbonyl (C=O) groups is 1. The van der Waals surface area contributed by atoms with Crippen LogP contribution in [-0.4, -0.2) is 11.4 Å². The number of amides is 1. The smallest absolute Gasteiger partial charge is 0.224 e. The van der Waals surface area contributed by atoms with Gasteiger partial charge in [0.05, 0.1) is 10.7 Å². The van der Waals surface area contributed by atoms with Crippen molar-refractivity contribution in [2.45, 2.75) is 32.2 Å². The van der Waals surface area contributed by atoms with Crippen LogP contribution >= 0.6 is 27.5 Å². The first-order chi connectivity index (χ1) is 7.78. The minimum Gasteiger partial charge on any atom is -0.326 e. The van der Waals surface area contributed by atoms with Crippen molar-refractivity contribution in [2.75, 3.05) is 5.32 Å². The predicted molar refractivity (Wildman–Crippen MR) is 75.3 cm³/mol. The van der Waals surface area contributed by atoms with Gasteiger partial charge in [0, 0.05) is 16.4 Å². The number of halogens is 2. The molecule has 17 heavy (non-hydrogen) atoms. The van der Waals surface area contributed by atoms with Crippen molar-refractivity contribution in [3.05, 3.63) is 27.7 Å². The topological polar surface area (TPSA) is 55.1 Å². The van der Waals surface area contributed by atoms with Crippen molar-refractivity contribution in [3.63, 3.8) is 0 Å². The Kier molecular flexibility index (Phi) is 4.98. The lowest BCUT2D eigenvalue weighted by Gasteiger charge is -2.17. The van der Waals surface area contributed by atoms with Crippen LogP contribution in [0.3, 0.4) is 0 Å². The Labute approximate surface area is 115 Å². The summed E-state index contributed by atoms with van der Waals surface area (Å²) in [5.41, 5.74) is 6.10. The van der Waals surface area contributed by atoms with Gasteiger partial charge < -0.3 is 11.1 Å². The van der Waals surface area contributed by atoms with Gasteiger partial charge in [-0.3, -0.25) is 4.79 Å². The fraction of sp³-hybridized carbons (Fsp3) is 0.417. The van der Waals surface area contributed by atoms with Crippen molar-refractivity contribution < 1.29 is 4.79 Å². The molecule has 0 aromatic heterocycles. The quantitative estimate of drug-likeness (QED) is 0.891. The lowest BCUT2D eigenvalue weighted by Crippen LogP contribution is -2.33. The van der Waals surface area contributed by atoms with E-state index in [4.69, 9.17) is 17.3 Å². The van der Waals surface area contributed by atoms with Gasteiger partial charge in [0.25, 0.3) is 0 Å². The van der Waals surface area contributed by atoms with E-state index >= 15 is 0 Å². The second kappa shape index (κ2) is 5.85. The van der Waals surface area contributed by atoms with E-state index in [1.807, 2.05) is 19.9 Å². The van der Waals surface area contributed by atoms with Crippen LogP contribution in [-0.2, 0) is 4.79 Å². The molecule has 94 valence electrons. The standard InChI is InChI=1S/C12H16BrClN2O/c1-12(2,15)6-5-11(17)16-10-4-3-8(13)7-9(10)14/h3-4,7H,5-6,15H2,1-2H3,(H,16,17). The number of hydrogen-bond donors (Lipinski definition) is 2. The molecule has 0 fully saturated rings. The molecule has 1 rings (SSSR count). The maximum Gasteiger partial charge on any atom is 0.224 e. The van der Waals surface area contributed by atoms with Crippen LogP contribution in [0.15, 0.2) is 22.7 Å². The molecule has 5 heteroatoms. The van der Waals surface area contributed by atoms with E-state index < -0.39 is 0 Å². The number of hydrogen-bond acceptors (Lipinski definition) is 2. The van der Waals surface area contributed by atoms with Crippen LogP contribution in [0.25, 0.3) is 0 Å². The van der Waals surface area contributed by atoms with Crippen LogP contribution in [0.5, 0.6) is 0 Å². The molecule has 0 atom stereocenters. The Hall–Kier alpha value is -0.580. The Balaban J connectivity index is 2.57. The van der Waals surface area contributed by atoms with Crippen LogP contribution < -0.4 is 11.1 Å². The SMILES string of the molecule is CC(C)(N)CCC(=O)Nc1ccc(Br)cc1Cl. The Bertz CT molecular complexity index is 415. The van der Waals surface area contributed by atoms with Gasteiger partial charge in [0.2, 0.25) is 5.91 Å². The van der Waals surface area contributed by atoms with Crippen LogP contribution in [0.4, 0.5) is 5.69 Å². The number of benzene rings is 1. The summed E-state index contributed by atoms with van der Waals surface area (Å²) in [6, 6.07) is 5.33. The molecule has 0 saturated carbocycles. The lowest BCUT2D eigenvalue weighted by atomic mass is 10.00. The zero-order valence-electron chi connectivity index (χ0n) is 9.89. The maximum atomic E-state index is 11.7. The van der Waals surface area contributed by atoms with Gasteiger partial charge in [-0.1, -0.05) is 27.5 Å². The van der Waals surface area contributed by atoms with Crippen LogP contribution in [0.1, 0.15) is 26.7 Å². The number of nitrogens with two attached hydrogens (primary N) is 1. The van der Waals surface area contributed by atoms with Crippen LogP contribution in [0, 0.1) is 0 Å². The largest absolute Gasteiger partial charge is 0.326 e. The summed E-state index contributed by atoms with van der Waals surface area (Å²) in [6.07, 6.45) is 1.02. The molecular weight excluding hydrogens is 304 g/mol. The molecule has 1 aromatic rings. The fourth-order valence-corrected chi connectivity index (χ4v) is 1.96. The van der Waals surface area contributed by atoms with Gasteiger partial charge in [0.1, 0.15) is 0 Å². The summed E-state index contributed by atoms with van der Waals surface area (Å²) in [5.74, 6) is -0.0762. The van der Waals surface area contributed by atoms with Gasteiger partial charge in [0.15, 0.2) is 0 Å². The molecule has 1 amide bonds. The predicted octanol–water partition coefficient (Wildman–Crippen LogP) is 3.56. The zero-order valence-corrected chi connectivity index (χ0v) is 12.2. The Morgan fingerprint density at radius 3 is 2.71 bits per heavy atom. The molecular formula is C12H16BrClN2O. The van der Waals surface area contributed by atoms with Crippen molar-refractivity contribution >= 4 is 39.1 Å². The molecule has 0 aliphatic rings. The number of anilines is 1. The molecule has 0 unspecified atom stereocenters. The van der Waals surface area contributed by atoms with E-state index in [1.54, 1.807) is 12.1 Å². The molecule has 0 saturated heterocycles. The van der Waals surface area contributed by atoms with Gasteiger partial charge >= 0.3 is 0 Å². The molecule has 0 aliphatic heterocycles. The monoisotopic (exact) mass is 318 g/mol. The summed E-state index contributed by atoms with van der Waals surface area (Å²) in [6.45, 7) is 3.79. The molecule has 0 radical (unpaired) electrons. The molecule has 0 bridgehead atoms. The highest BCUT2D eigenvalue weighted by molar-refractivity contribution is 9.10. The minimum absolute atomic E-state index is 0.0762. The van der Waals surface area contributed by atoms with E-state index in [0.717, 1.165) is 4.47 Å². The van der Waals surface area contributed by atoms with Crippen molar-refractivity contribution in [2.24, 2.45) is 5.73 Å². The first-order valence-electron chi connectivity index (χ1n) is 5.32. The summed E-state index contributed by atoms with van der Waals surface area (Å²) in [5, 5.41) is 3.28. The van der Waals surface area contributed by atoms with E-state index in [9.17, 15) is 4.79 Å². The summed E-state index contributed by atoms with van der Waals surface area (Å²) >= 11 is 9.30. The Morgan fingerprint density at radius 2 is 2.18 bits per heavy atom. The second-order valence-electron chi connectivity index (χ2n) is 4.66. The average Bonchev–Trinajstić information content (AvgIpc) is 2.18. The summed E-state index contributed by atoms with van der Waals surface area (Å²) in [7, 11) is 0. The van der Waals surface area contributed by atoms with Gasteiger partial charge in [-0.15, -0.1) is 0 Å². The van der Waals surface area contributed by atoms with E-state index in [0.29, 0.717) is 23.6 Å². The molecule has 3 nitrogen and oxygen atoms in total. The highest BCUT2D eigenvalue weighted by atomic mass is 79.9. The number of rotatable bonds is 4. The Morgan fingerprint density at radius 1 is 1.53 bits per heavy atom. The highest BCUT2D eigenvalue weighted by Gasteiger charge is 2.13. The normalized spacial score (nSPS) is 11.4. The van der Waals surface area contributed by atoms with Gasteiger partial charge in [-0.2, -0.15) is 0 Å². The molecule has 0 aliphatic carbocycles. The van der Waals surface area contributed by atoms with E-state index in [1.165, 1.54) is 0 Å². The van der Waals surface area contributed by atoms with Crippen molar-refractivity contribution in [1.82, 2.24) is 0 Å². The molecule has 0 spiro atoms. The fourth-order valence-electron chi connectivity index (χ4n) is 1.24. The highest BCUT2D eigenvalue weighted by Crippen LogP contribution is 2.25.